The van der Waals surface area contributed by atoms with Crippen molar-refractivity contribution in [1.82, 2.24) is 14.8 Å². The molecule has 0 N–H and O–H groups in total. The summed E-state index contributed by atoms with van der Waals surface area (Å²) >= 11 is 0. The molecule has 3 heterocycles. The minimum absolute atomic E-state index is 0.0604. The van der Waals surface area contributed by atoms with Gasteiger partial charge in [0.2, 0.25) is 5.91 Å². The van der Waals surface area contributed by atoms with E-state index in [0.29, 0.717) is 19.0 Å². The van der Waals surface area contributed by atoms with Gasteiger partial charge in [0.1, 0.15) is 0 Å². The Hall–Kier alpha value is -2.21. The Morgan fingerprint density at radius 2 is 1.67 bits per heavy atom. The van der Waals surface area contributed by atoms with E-state index in [1.807, 2.05) is 35.2 Å². The number of piperidine rings is 1. The highest BCUT2D eigenvalue weighted by Gasteiger charge is 2.31. The summed E-state index contributed by atoms with van der Waals surface area (Å²) in [7, 11) is 0. The van der Waals surface area contributed by atoms with E-state index < -0.39 is 0 Å². The van der Waals surface area contributed by atoms with E-state index in [2.05, 4.69) is 10.0 Å². The fraction of sp³-hybridized carbons (Fsp3) is 0.571. The van der Waals surface area contributed by atoms with Gasteiger partial charge in [0.05, 0.1) is 18.8 Å². The van der Waals surface area contributed by atoms with Gasteiger partial charge in [-0.1, -0.05) is 30.3 Å². The van der Waals surface area contributed by atoms with Crippen LogP contribution in [-0.2, 0) is 9.59 Å². The van der Waals surface area contributed by atoms with Crippen LogP contribution in [0.4, 0.5) is 0 Å². The van der Waals surface area contributed by atoms with Gasteiger partial charge in [0.25, 0.3) is 5.91 Å². The van der Waals surface area contributed by atoms with E-state index in [0.717, 1.165) is 69.6 Å². The first-order chi connectivity index (χ1) is 13.2. The zero-order valence-corrected chi connectivity index (χ0v) is 15.8. The number of benzene rings is 1. The predicted molar refractivity (Wildman–Crippen MR) is 104 cm³/mol. The van der Waals surface area contributed by atoms with E-state index in [4.69, 9.17) is 0 Å². The van der Waals surface area contributed by atoms with Crippen molar-refractivity contribution in [3.8, 4) is 0 Å². The molecule has 0 unspecified atom stereocenters. The summed E-state index contributed by atoms with van der Waals surface area (Å²) in [5.41, 5.74) is 2.08. The molecule has 6 heteroatoms. The van der Waals surface area contributed by atoms with Crippen LogP contribution < -0.4 is 0 Å². The minimum Gasteiger partial charge on any atom is -0.342 e. The van der Waals surface area contributed by atoms with Gasteiger partial charge >= 0.3 is 0 Å². The first-order valence-electron chi connectivity index (χ1n) is 10.1. The van der Waals surface area contributed by atoms with Crippen molar-refractivity contribution in [2.75, 3.05) is 39.3 Å². The highest BCUT2D eigenvalue weighted by atomic mass is 16.2. The highest BCUT2D eigenvalue weighted by molar-refractivity contribution is 6.02. The van der Waals surface area contributed by atoms with Crippen molar-refractivity contribution in [2.24, 2.45) is 11.0 Å². The normalized spacial score (nSPS) is 21.6. The second-order valence-electron chi connectivity index (χ2n) is 7.76. The van der Waals surface area contributed by atoms with Crippen molar-refractivity contribution in [3.05, 3.63) is 35.9 Å². The van der Waals surface area contributed by atoms with E-state index in [1.165, 1.54) is 0 Å². The molecule has 0 aromatic heterocycles. The van der Waals surface area contributed by atoms with Crippen LogP contribution in [0.1, 0.15) is 37.7 Å². The molecular formula is C21H28N4O2. The Morgan fingerprint density at radius 3 is 2.37 bits per heavy atom. The Kier molecular flexibility index (Phi) is 5.53. The molecule has 3 aliphatic rings. The molecule has 0 radical (unpaired) electrons. The largest absolute Gasteiger partial charge is 0.342 e. The maximum absolute atomic E-state index is 12.6. The van der Waals surface area contributed by atoms with Crippen molar-refractivity contribution in [2.45, 2.75) is 32.1 Å². The third kappa shape index (κ3) is 4.21. The van der Waals surface area contributed by atoms with Crippen LogP contribution in [0.2, 0.25) is 0 Å². The highest BCUT2D eigenvalue weighted by Crippen LogP contribution is 2.22. The molecule has 0 bridgehead atoms. The third-order valence-electron chi connectivity index (χ3n) is 5.91. The Morgan fingerprint density at radius 1 is 0.963 bits per heavy atom. The van der Waals surface area contributed by atoms with Crippen LogP contribution in [0.3, 0.4) is 0 Å². The lowest BCUT2D eigenvalue weighted by atomic mass is 9.95. The summed E-state index contributed by atoms with van der Waals surface area (Å²) in [6.07, 6.45) is 4.81. The summed E-state index contributed by atoms with van der Waals surface area (Å²) in [6.45, 7) is 4.55. The maximum atomic E-state index is 12.6. The molecule has 1 aromatic carbocycles. The van der Waals surface area contributed by atoms with Gasteiger partial charge in [-0.05, 0) is 44.3 Å². The zero-order valence-electron chi connectivity index (χ0n) is 15.8. The number of carbonyl (C=O) groups is 2. The van der Waals surface area contributed by atoms with Crippen LogP contribution in [0.5, 0.6) is 0 Å². The third-order valence-corrected chi connectivity index (χ3v) is 5.91. The molecule has 1 aromatic rings. The number of carbonyl (C=O) groups excluding carboxylic acids is 2. The summed E-state index contributed by atoms with van der Waals surface area (Å²) in [5, 5.41) is 6.15. The average molecular weight is 368 g/mol. The molecule has 27 heavy (non-hydrogen) atoms. The molecule has 2 saturated heterocycles. The maximum Gasteiger partial charge on any atom is 0.256 e. The number of likely N-dealkylation sites (tertiary alicyclic amines) is 2. The smallest absolute Gasteiger partial charge is 0.256 e. The predicted octanol–water partition coefficient (Wildman–Crippen LogP) is 1.96. The average Bonchev–Trinajstić information content (AvgIpc) is 3.41. The van der Waals surface area contributed by atoms with Gasteiger partial charge in [0, 0.05) is 25.4 Å². The van der Waals surface area contributed by atoms with Crippen molar-refractivity contribution in [3.63, 3.8) is 0 Å². The fourth-order valence-electron chi connectivity index (χ4n) is 4.28. The Bertz CT molecular complexity index is 704. The van der Waals surface area contributed by atoms with E-state index in [1.54, 1.807) is 5.01 Å². The Labute approximate surface area is 160 Å². The van der Waals surface area contributed by atoms with Crippen LogP contribution in [0.25, 0.3) is 0 Å². The number of nitrogens with zero attached hydrogens (tertiary/aromatic N) is 4. The van der Waals surface area contributed by atoms with Crippen LogP contribution in [0, 0.1) is 5.92 Å². The van der Waals surface area contributed by atoms with Crippen LogP contribution in [0.15, 0.2) is 35.4 Å². The van der Waals surface area contributed by atoms with E-state index >= 15 is 0 Å². The Balaban J connectivity index is 1.26. The SMILES string of the molecule is O=C(C1CCN(CC(=O)N2CCC(c3ccccc3)=N2)CC1)N1CCCC1. The van der Waals surface area contributed by atoms with Crippen LogP contribution >= 0.6 is 0 Å². The molecule has 0 saturated carbocycles. The number of rotatable bonds is 4. The quantitative estimate of drug-likeness (QED) is 0.816. The number of hydrazone groups is 1. The topological polar surface area (TPSA) is 56.2 Å². The second kappa shape index (κ2) is 8.21. The summed E-state index contributed by atoms with van der Waals surface area (Å²) < 4.78 is 0. The second-order valence-corrected chi connectivity index (χ2v) is 7.76. The zero-order chi connectivity index (χ0) is 18.6. The molecule has 0 spiro atoms. The van der Waals surface area contributed by atoms with Gasteiger partial charge in [-0.15, -0.1) is 0 Å². The molecule has 0 aliphatic carbocycles. The molecule has 6 nitrogen and oxygen atoms in total. The van der Waals surface area contributed by atoms with Crippen LogP contribution in [-0.4, -0.2) is 71.6 Å². The molecule has 144 valence electrons. The van der Waals surface area contributed by atoms with Gasteiger partial charge in [0.15, 0.2) is 0 Å². The summed E-state index contributed by atoms with van der Waals surface area (Å²) in [4.78, 5) is 29.3. The lowest BCUT2D eigenvalue weighted by Gasteiger charge is -2.33. The number of hydrogen-bond donors (Lipinski definition) is 0. The fourth-order valence-corrected chi connectivity index (χ4v) is 4.28. The van der Waals surface area contributed by atoms with E-state index in [-0.39, 0.29) is 11.8 Å². The van der Waals surface area contributed by atoms with Gasteiger partial charge in [-0.3, -0.25) is 14.5 Å². The van der Waals surface area contributed by atoms with E-state index in [9.17, 15) is 9.59 Å². The molecule has 2 amide bonds. The lowest BCUT2D eigenvalue weighted by molar-refractivity contribution is -0.136. The van der Waals surface area contributed by atoms with Crippen molar-refractivity contribution in [1.29, 1.82) is 0 Å². The number of hydrogen-bond acceptors (Lipinski definition) is 4. The van der Waals surface area contributed by atoms with Gasteiger partial charge in [-0.2, -0.15) is 5.10 Å². The summed E-state index contributed by atoms with van der Waals surface area (Å²) in [5.74, 6) is 0.532. The minimum atomic E-state index is 0.0604. The van der Waals surface area contributed by atoms with Crippen molar-refractivity contribution >= 4 is 17.5 Å². The van der Waals surface area contributed by atoms with Gasteiger partial charge in [-0.25, -0.2) is 5.01 Å². The molecular weight excluding hydrogens is 340 g/mol. The monoisotopic (exact) mass is 368 g/mol. The van der Waals surface area contributed by atoms with Gasteiger partial charge < -0.3 is 4.90 Å². The molecule has 4 rings (SSSR count). The first-order valence-corrected chi connectivity index (χ1v) is 10.1. The molecule has 2 fully saturated rings. The summed E-state index contributed by atoms with van der Waals surface area (Å²) in [6, 6.07) is 10.1. The molecule has 0 atom stereocenters. The molecule has 3 aliphatic heterocycles. The first kappa shape index (κ1) is 18.2. The van der Waals surface area contributed by atoms with Crippen molar-refractivity contribution < 1.29 is 9.59 Å². The standard InChI is InChI=1S/C21H28N4O2/c26-20(25-15-10-19(22-25)17-6-2-1-3-7-17)16-23-13-8-18(9-14-23)21(27)24-11-4-5-12-24/h1-3,6-7,18H,4-5,8-16H2. The number of amides is 2. The lowest BCUT2D eigenvalue weighted by Crippen LogP contribution is -2.44.